The molecule has 0 fully saturated rings. The van der Waals surface area contributed by atoms with Gasteiger partial charge in [-0.2, -0.15) is 0 Å². The monoisotopic (exact) mass is 264 g/mol. The molecular weight excluding hydrogens is 248 g/mol. The number of hydrogen-bond acceptors (Lipinski definition) is 3. The smallest absolute Gasteiger partial charge is 0.0752 e. The van der Waals surface area contributed by atoms with Crippen LogP contribution in [0.2, 0.25) is 5.02 Å². The highest BCUT2D eigenvalue weighted by molar-refractivity contribution is 6.35. The van der Waals surface area contributed by atoms with Crippen molar-refractivity contribution in [2.45, 2.75) is 25.4 Å². The summed E-state index contributed by atoms with van der Waals surface area (Å²) in [6.07, 6.45) is 2.00. The summed E-state index contributed by atoms with van der Waals surface area (Å²) in [5.74, 6) is 0.0969. The molecule has 18 heavy (non-hydrogen) atoms. The number of nitrogens with two attached hydrogens (primary N) is 1. The van der Waals surface area contributed by atoms with Crippen LogP contribution in [0.15, 0.2) is 30.5 Å². The van der Waals surface area contributed by atoms with E-state index in [1.54, 1.807) is 13.1 Å². The van der Waals surface area contributed by atoms with Crippen LogP contribution in [0.4, 0.5) is 0 Å². The zero-order valence-electron chi connectivity index (χ0n) is 10.3. The van der Waals surface area contributed by atoms with Crippen molar-refractivity contribution >= 4 is 22.5 Å². The molecule has 1 aromatic heterocycles. The second kappa shape index (κ2) is 5.65. The van der Waals surface area contributed by atoms with Crippen LogP contribution in [0.5, 0.6) is 0 Å². The number of pyridine rings is 1. The molecule has 2 unspecified atom stereocenters. The number of aliphatic hydroxyl groups is 1. The average Bonchev–Trinajstić information content (AvgIpc) is 2.37. The first kappa shape index (κ1) is 13.3. The third-order valence-corrected chi connectivity index (χ3v) is 3.43. The van der Waals surface area contributed by atoms with Crippen LogP contribution in [0.25, 0.3) is 10.9 Å². The van der Waals surface area contributed by atoms with Crippen molar-refractivity contribution < 1.29 is 5.11 Å². The summed E-state index contributed by atoms with van der Waals surface area (Å²) >= 11 is 6.16. The Kier molecular flexibility index (Phi) is 4.17. The lowest BCUT2D eigenvalue weighted by atomic mass is 9.91. The average molecular weight is 265 g/mol. The van der Waals surface area contributed by atoms with Crippen molar-refractivity contribution in [3.05, 3.63) is 41.0 Å². The Morgan fingerprint density at radius 1 is 1.39 bits per heavy atom. The molecule has 2 atom stereocenters. The van der Waals surface area contributed by atoms with Crippen molar-refractivity contribution in [1.29, 1.82) is 0 Å². The molecule has 3 nitrogen and oxygen atoms in total. The molecule has 4 heteroatoms. The number of aliphatic hydroxyl groups excluding tert-OH is 1. The molecule has 1 heterocycles. The summed E-state index contributed by atoms with van der Waals surface area (Å²) in [5, 5.41) is 11.2. The molecule has 1 aromatic carbocycles. The van der Waals surface area contributed by atoms with Crippen LogP contribution in [0, 0.1) is 0 Å². The van der Waals surface area contributed by atoms with Gasteiger partial charge in [-0.3, -0.25) is 4.98 Å². The number of nitrogens with zero attached hydrogens (tertiary/aromatic N) is 1. The summed E-state index contributed by atoms with van der Waals surface area (Å²) in [6.45, 7) is 2.26. The molecule has 2 aromatic rings. The Morgan fingerprint density at radius 2 is 2.17 bits per heavy atom. The lowest BCUT2D eigenvalue weighted by Gasteiger charge is -2.18. The Labute approximate surface area is 112 Å². The molecule has 0 aliphatic rings. The second-order valence-electron chi connectivity index (χ2n) is 4.55. The molecule has 3 N–H and O–H groups in total. The van der Waals surface area contributed by atoms with Crippen LogP contribution >= 0.6 is 11.6 Å². The van der Waals surface area contributed by atoms with Gasteiger partial charge in [-0.05, 0) is 43.7 Å². The Morgan fingerprint density at radius 3 is 2.83 bits per heavy atom. The fourth-order valence-electron chi connectivity index (χ4n) is 2.25. The Balaban J connectivity index is 2.53. The Bertz CT molecular complexity index is 542. The van der Waals surface area contributed by atoms with E-state index in [0.717, 1.165) is 16.5 Å². The lowest BCUT2D eigenvalue weighted by molar-refractivity contribution is 0.175. The third kappa shape index (κ3) is 2.64. The van der Waals surface area contributed by atoms with E-state index in [2.05, 4.69) is 4.98 Å². The van der Waals surface area contributed by atoms with Gasteiger partial charge in [-0.15, -0.1) is 0 Å². The van der Waals surface area contributed by atoms with Gasteiger partial charge in [0.1, 0.15) is 0 Å². The largest absolute Gasteiger partial charge is 0.393 e. The van der Waals surface area contributed by atoms with Gasteiger partial charge in [0.25, 0.3) is 0 Å². The van der Waals surface area contributed by atoms with E-state index in [-0.39, 0.29) is 12.0 Å². The van der Waals surface area contributed by atoms with Crippen LogP contribution in [0.3, 0.4) is 0 Å². The van der Waals surface area contributed by atoms with Crippen molar-refractivity contribution in [2.75, 3.05) is 6.54 Å². The van der Waals surface area contributed by atoms with Gasteiger partial charge in [0, 0.05) is 22.5 Å². The summed E-state index contributed by atoms with van der Waals surface area (Å²) in [6, 6.07) is 7.64. The third-order valence-electron chi connectivity index (χ3n) is 3.10. The van der Waals surface area contributed by atoms with Crippen LogP contribution in [-0.2, 0) is 0 Å². The molecule has 0 aliphatic carbocycles. The lowest BCUT2D eigenvalue weighted by Crippen LogP contribution is -2.18. The summed E-state index contributed by atoms with van der Waals surface area (Å²) in [4.78, 5) is 4.40. The molecule has 0 saturated heterocycles. The van der Waals surface area contributed by atoms with E-state index >= 15 is 0 Å². The van der Waals surface area contributed by atoms with Gasteiger partial charge in [-0.25, -0.2) is 0 Å². The highest BCUT2D eigenvalue weighted by Crippen LogP contribution is 2.31. The number of fused-ring (bicyclic) bond motifs is 1. The standard InChI is InChI=1S/C14H17ClN2O/c1-9(18)7-10(8-16)11-4-5-13(15)12-3-2-6-17-14(11)12/h2-6,9-10,18H,7-8,16H2,1H3. The first-order valence-corrected chi connectivity index (χ1v) is 6.42. The van der Waals surface area contributed by atoms with Crippen LogP contribution in [-0.4, -0.2) is 22.7 Å². The first-order valence-electron chi connectivity index (χ1n) is 6.04. The zero-order chi connectivity index (χ0) is 13.1. The summed E-state index contributed by atoms with van der Waals surface area (Å²) < 4.78 is 0. The predicted octanol–water partition coefficient (Wildman–Crippen LogP) is 2.70. The van der Waals surface area contributed by atoms with Crippen molar-refractivity contribution in [1.82, 2.24) is 4.98 Å². The molecule has 0 spiro atoms. The number of halogens is 1. The van der Waals surface area contributed by atoms with Gasteiger partial charge < -0.3 is 10.8 Å². The zero-order valence-corrected chi connectivity index (χ0v) is 11.1. The summed E-state index contributed by atoms with van der Waals surface area (Å²) in [7, 11) is 0. The van der Waals surface area contributed by atoms with Crippen molar-refractivity contribution in [3.63, 3.8) is 0 Å². The molecule has 96 valence electrons. The van der Waals surface area contributed by atoms with Gasteiger partial charge in [0.2, 0.25) is 0 Å². The van der Waals surface area contributed by atoms with Crippen molar-refractivity contribution in [3.8, 4) is 0 Å². The van der Waals surface area contributed by atoms with Gasteiger partial charge in [-0.1, -0.05) is 17.7 Å². The fourth-order valence-corrected chi connectivity index (χ4v) is 2.47. The van der Waals surface area contributed by atoms with E-state index in [0.29, 0.717) is 18.0 Å². The number of aromatic nitrogens is 1. The molecule has 0 bridgehead atoms. The minimum atomic E-state index is -0.381. The molecule has 2 rings (SSSR count). The van der Waals surface area contributed by atoms with E-state index in [9.17, 15) is 5.11 Å². The van der Waals surface area contributed by atoms with E-state index in [1.165, 1.54) is 0 Å². The predicted molar refractivity (Wildman–Crippen MR) is 74.8 cm³/mol. The molecule has 0 saturated carbocycles. The van der Waals surface area contributed by atoms with Gasteiger partial charge in [0.05, 0.1) is 11.6 Å². The minimum Gasteiger partial charge on any atom is -0.393 e. The van der Waals surface area contributed by atoms with E-state index in [1.807, 2.05) is 24.3 Å². The fraction of sp³-hybridized carbons (Fsp3) is 0.357. The van der Waals surface area contributed by atoms with E-state index < -0.39 is 0 Å². The van der Waals surface area contributed by atoms with Crippen molar-refractivity contribution in [2.24, 2.45) is 5.73 Å². The maximum absolute atomic E-state index is 9.54. The molecular formula is C14H17ClN2O. The number of rotatable bonds is 4. The van der Waals surface area contributed by atoms with Gasteiger partial charge >= 0.3 is 0 Å². The van der Waals surface area contributed by atoms with Gasteiger partial charge in [0.15, 0.2) is 0 Å². The summed E-state index contributed by atoms with van der Waals surface area (Å²) in [5.41, 5.74) is 7.74. The van der Waals surface area contributed by atoms with Crippen LogP contribution < -0.4 is 5.73 Å². The van der Waals surface area contributed by atoms with Crippen LogP contribution in [0.1, 0.15) is 24.8 Å². The number of benzene rings is 1. The normalized spacial score (nSPS) is 14.7. The molecule has 0 aliphatic heterocycles. The highest BCUT2D eigenvalue weighted by Gasteiger charge is 2.16. The topological polar surface area (TPSA) is 59.1 Å². The highest BCUT2D eigenvalue weighted by atomic mass is 35.5. The quantitative estimate of drug-likeness (QED) is 0.893. The first-order chi connectivity index (χ1) is 8.63. The maximum atomic E-state index is 9.54. The Hall–Kier alpha value is -1.16. The molecule has 0 radical (unpaired) electrons. The van der Waals surface area contributed by atoms with E-state index in [4.69, 9.17) is 17.3 Å². The second-order valence-corrected chi connectivity index (χ2v) is 4.96. The molecule has 0 amide bonds. The minimum absolute atomic E-state index is 0.0969. The maximum Gasteiger partial charge on any atom is 0.0752 e. The SMILES string of the molecule is CC(O)CC(CN)c1ccc(Cl)c2cccnc12. The number of hydrogen-bond donors (Lipinski definition) is 2.